The number of benzene rings is 1. The Morgan fingerprint density at radius 1 is 1.35 bits per heavy atom. The Morgan fingerprint density at radius 3 is 2.61 bits per heavy atom. The summed E-state index contributed by atoms with van der Waals surface area (Å²) < 4.78 is 31.6. The van der Waals surface area contributed by atoms with Crippen molar-refractivity contribution >= 4 is 33.6 Å². The molecule has 1 aromatic carbocycles. The first-order chi connectivity index (χ1) is 14.5. The van der Waals surface area contributed by atoms with E-state index >= 15 is 0 Å². The molecular weight excluding hydrogens is 436 g/mol. The summed E-state index contributed by atoms with van der Waals surface area (Å²) in [4.78, 5) is 45.6. The summed E-state index contributed by atoms with van der Waals surface area (Å²) in [5.74, 6) is -2.08. The lowest BCUT2D eigenvalue weighted by molar-refractivity contribution is -0.387. The smallest absolute Gasteiger partial charge is 0.325 e. The Kier molecular flexibility index (Phi) is 7.65. The first-order valence-electron chi connectivity index (χ1n) is 9.21. The van der Waals surface area contributed by atoms with E-state index in [4.69, 9.17) is 4.74 Å². The summed E-state index contributed by atoms with van der Waals surface area (Å²) >= 11 is 0. The molecule has 3 amide bonds. The number of aliphatic hydroxyl groups is 1. The highest BCUT2D eigenvalue weighted by Gasteiger charge is 2.46. The minimum atomic E-state index is -4.56. The molecule has 0 bridgehead atoms. The number of imide groups is 1. The second kappa shape index (κ2) is 9.80. The number of amides is 3. The zero-order valence-electron chi connectivity index (χ0n) is 16.7. The van der Waals surface area contributed by atoms with E-state index in [2.05, 4.69) is 5.32 Å². The Bertz CT molecular complexity index is 982. The number of carbonyl (C=O) groups is 3. The number of nitrogens with zero attached hydrogens (tertiary/aromatic N) is 2. The average Bonchev–Trinajstić information content (AvgIpc) is 3.10. The van der Waals surface area contributed by atoms with Crippen LogP contribution in [0.25, 0.3) is 0 Å². The lowest BCUT2D eigenvalue weighted by Gasteiger charge is -2.23. The van der Waals surface area contributed by atoms with Crippen LogP contribution in [0.1, 0.15) is 20.3 Å². The standard InChI is InChI=1S/C17H22N4O9S/c1-3-18-17(25)19-15(23)10(2)30-16(24)13-8-11(22)9-20(13)31(28,29)14-7-5-4-6-12(14)21(26)27/h4-7,10-11,13,22H,3,8-9H2,1-2H3,(H2,18,19,23,25)/t10?,11?,13-/m0/s1. The molecule has 2 unspecified atom stereocenters. The van der Waals surface area contributed by atoms with Gasteiger partial charge in [-0.3, -0.25) is 25.0 Å². The third-order valence-electron chi connectivity index (χ3n) is 4.39. The fourth-order valence-corrected chi connectivity index (χ4v) is 4.73. The van der Waals surface area contributed by atoms with E-state index < -0.39 is 68.2 Å². The van der Waals surface area contributed by atoms with Crippen molar-refractivity contribution in [2.24, 2.45) is 0 Å². The Hall–Kier alpha value is -3.10. The maximum absolute atomic E-state index is 13.0. The van der Waals surface area contributed by atoms with Crippen molar-refractivity contribution in [3.05, 3.63) is 34.4 Å². The third-order valence-corrected chi connectivity index (χ3v) is 6.31. The van der Waals surface area contributed by atoms with Crippen LogP contribution in [-0.4, -0.2) is 72.0 Å². The fraction of sp³-hybridized carbons (Fsp3) is 0.471. The lowest BCUT2D eigenvalue weighted by atomic mass is 10.2. The van der Waals surface area contributed by atoms with Crippen molar-refractivity contribution in [2.45, 2.75) is 43.4 Å². The summed E-state index contributed by atoms with van der Waals surface area (Å²) in [5, 5.41) is 25.4. The maximum Gasteiger partial charge on any atom is 0.325 e. The molecule has 1 fully saturated rings. The highest BCUT2D eigenvalue weighted by molar-refractivity contribution is 7.89. The van der Waals surface area contributed by atoms with Gasteiger partial charge in [-0.25, -0.2) is 13.2 Å². The number of esters is 1. The molecule has 14 heteroatoms. The number of para-hydroxylation sites is 1. The van der Waals surface area contributed by atoms with Crippen molar-refractivity contribution in [3.63, 3.8) is 0 Å². The number of carbonyl (C=O) groups excluding carboxylic acids is 3. The molecule has 0 saturated carbocycles. The molecule has 1 aliphatic rings. The predicted molar refractivity (Wildman–Crippen MR) is 104 cm³/mol. The van der Waals surface area contributed by atoms with Crippen LogP contribution in [0.5, 0.6) is 0 Å². The number of hydrogen-bond donors (Lipinski definition) is 3. The summed E-state index contributed by atoms with van der Waals surface area (Å²) in [6, 6.07) is 2.28. The molecule has 31 heavy (non-hydrogen) atoms. The van der Waals surface area contributed by atoms with Gasteiger partial charge >= 0.3 is 12.0 Å². The van der Waals surface area contributed by atoms with Gasteiger partial charge in [-0.2, -0.15) is 4.31 Å². The van der Waals surface area contributed by atoms with Crippen molar-refractivity contribution < 1.29 is 37.6 Å². The average molecular weight is 458 g/mol. The molecule has 0 aliphatic carbocycles. The zero-order chi connectivity index (χ0) is 23.3. The zero-order valence-corrected chi connectivity index (χ0v) is 17.5. The summed E-state index contributed by atoms with van der Waals surface area (Å²) in [6.45, 7) is 2.57. The van der Waals surface area contributed by atoms with E-state index in [0.29, 0.717) is 4.31 Å². The molecule has 0 aromatic heterocycles. The normalized spacial score (nSPS) is 20.0. The highest BCUT2D eigenvalue weighted by Crippen LogP contribution is 2.32. The molecular formula is C17H22N4O9S. The monoisotopic (exact) mass is 458 g/mol. The molecule has 1 heterocycles. The largest absolute Gasteiger partial charge is 0.451 e. The Labute approximate surface area is 177 Å². The molecule has 3 N–H and O–H groups in total. The predicted octanol–water partition coefficient (Wildman–Crippen LogP) is -0.504. The number of urea groups is 1. The Balaban J connectivity index is 2.23. The molecule has 1 aromatic rings. The summed E-state index contributed by atoms with van der Waals surface area (Å²) in [7, 11) is -4.56. The highest BCUT2D eigenvalue weighted by atomic mass is 32.2. The minimum absolute atomic E-state index is 0.256. The van der Waals surface area contributed by atoms with Crippen molar-refractivity contribution in [3.8, 4) is 0 Å². The van der Waals surface area contributed by atoms with Crippen LogP contribution in [0.15, 0.2) is 29.2 Å². The summed E-state index contributed by atoms with van der Waals surface area (Å²) in [6.07, 6.45) is -3.00. The van der Waals surface area contributed by atoms with Gasteiger partial charge in [-0.1, -0.05) is 12.1 Å². The third kappa shape index (κ3) is 5.53. The minimum Gasteiger partial charge on any atom is -0.451 e. The number of ether oxygens (including phenoxy) is 1. The van der Waals surface area contributed by atoms with Gasteiger partial charge in [0, 0.05) is 25.6 Å². The first-order valence-corrected chi connectivity index (χ1v) is 10.7. The van der Waals surface area contributed by atoms with E-state index in [1.807, 2.05) is 5.32 Å². The molecule has 0 spiro atoms. The van der Waals surface area contributed by atoms with Crippen LogP contribution < -0.4 is 10.6 Å². The SMILES string of the molecule is CCNC(=O)NC(=O)C(C)OC(=O)[C@@H]1CC(O)CN1S(=O)(=O)c1ccccc1[N+](=O)[O-]. The van der Waals surface area contributed by atoms with Gasteiger partial charge in [0.25, 0.3) is 21.6 Å². The first kappa shape index (κ1) is 24.2. The van der Waals surface area contributed by atoms with E-state index in [-0.39, 0.29) is 13.0 Å². The Morgan fingerprint density at radius 2 is 2.00 bits per heavy atom. The van der Waals surface area contributed by atoms with Gasteiger partial charge < -0.3 is 15.2 Å². The number of nitro groups is 1. The van der Waals surface area contributed by atoms with Gasteiger partial charge in [0.15, 0.2) is 11.0 Å². The molecule has 13 nitrogen and oxygen atoms in total. The van der Waals surface area contributed by atoms with E-state index in [0.717, 1.165) is 12.1 Å². The van der Waals surface area contributed by atoms with Gasteiger partial charge in [0.2, 0.25) is 0 Å². The molecule has 170 valence electrons. The number of aliphatic hydroxyl groups excluding tert-OH is 1. The number of hydrogen-bond acceptors (Lipinski definition) is 9. The van der Waals surface area contributed by atoms with Gasteiger partial charge in [0.05, 0.1) is 11.0 Å². The van der Waals surface area contributed by atoms with Crippen LogP contribution in [0.4, 0.5) is 10.5 Å². The number of rotatable bonds is 7. The quantitative estimate of drug-likeness (QED) is 0.275. The number of nitrogens with one attached hydrogen (secondary N) is 2. The van der Waals surface area contributed by atoms with Crippen molar-refractivity contribution in [2.75, 3.05) is 13.1 Å². The van der Waals surface area contributed by atoms with Crippen LogP contribution >= 0.6 is 0 Å². The maximum atomic E-state index is 13.0. The topological polar surface area (TPSA) is 185 Å². The molecule has 0 radical (unpaired) electrons. The van der Waals surface area contributed by atoms with Crippen molar-refractivity contribution in [1.82, 2.24) is 14.9 Å². The van der Waals surface area contributed by atoms with Gasteiger partial charge in [-0.05, 0) is 19.9 Å². The second-order valence-corrected chi connectivity index (χ2v) is 8.49. The van der Waals surface area contributed by atoms with Crippen molar-refractivity contribution in [1.29, 1.82) is 0 Å². The van der Waals surface area contributed by atoms with E-state index in [1.54, 1.807) is 6.92 Å². The van der Waals surface area contributed by atoms with E-state index in [9.17, 15) is 38.0 Å². The number of β-amino-alcohol motifs (C(OH)–C–C–N with tert-alkyl or cyclic N) is 1. The second-order valence-electron chi connectivity index (χ2n) is 6.63. The van der Waals surface area contributed by atoms with Gasteiger partial charge in [-0.15, -0.1) is 0 Å². The van der Waals surface area contributed by atoms with Gasteiger partial charge in [0.1, 0.15) is 6.04 Å². The molecule has 2 rings (SSSR count). The number of sulfonamides is 1. The molecule has 1 saturated heterocycles. The van der Waals surface area contributed by atoms with Crippen LogP contribution in [0.2, 0.25) is 0 Å². The van der Waals surface area contributed by atoms with Crippen LogP contribution in [0, 0.1) is 10.1 Å². The van der Waals surface area contributed by atoms with Crippen LogP contribution in [0.3, 0.4) is 0 Å². The van der Waals surface area contributed by atoms with Crippen LogP contribution in [-0.2, 0) is 24.3 Å². The molecule has 1 aliphatic heterocycles. The van der Waals surface area contributed by atoms with E-state index in [1.165, 1.54) is 19.1 Å². The molecule has 3 atom stereocenters. The lowest BCUT2D eigenvalue weighted by Crippen LogP contribution is -2.47. The fourth-order valence-electron chi connectivity index (χ4n) is 2.94. The number of nitro benzene ring substituents is 1. The summed E-state index contributed by atoms with van der Waals surface area (Å²) in [5.41, 5.74) is -0.689.